The van der Waals surface area contributed by atoms with Crippen LogP contribution in [0.5, 0.6) is 0 Å². The van der Waals surface area contributed by atoms with Gasteiger partial charge in [0.25, 0.3) is 0 Å². The average molecular weight is 639 g/mol. The van der Waals surface area contributed by atoms with E-state index in [-0.39, 0.29) is 40.4 Å². The van der Waals surface area contributed by atoms with Crippen LogP contribution in [0.15, 0.2) is 12.2 Å². The number of hydrogen-bond acceptors (Lipinski definition) is 5. The minimum absolute atomic E-state index is 0.126. The molecular formula is C40H78O5. The summed E-state index contributed by atoms with van der Waals surface area (Å²) in [5.41, 5.74) is 1.38. The average Bonchev–Trinajstić information content (AvgIpc) is 2.80. The summed E-state index contributed by atoms with van der Waals surface area (Å²) in [5.74, 6) is 2.69. The summed E-state index contributed by atoms with van der Waals surface area (Å²) < 4.78 is 4.80. The summed E-state index contributed by atoms with van der Waals surface area (Å²) >= 11 is 0. The van der Waals surface area contributed by atoms with E-state index in [2.05, 4.69) is 89.7 Å². The van der Waals surface area contributed by atoms with Gasteiger partial charge in [-0.2, -0.15) is 0 Å². The van der Waals surface area contributed by atoms with Gasteiger partial charge in [0, 0.05) is 18.8 Å². The van der Waals surface area contributed by atoms with Crippen LogP contribution >= 0.6 is 0 Å². The lowest BCUT2D eigenvalue weighted by Gasteiger charge is -2.54. The maximum absolute atomic E-state index is 11.4. The van der Waals surface area contributed by atoms with Crippen molar-refractivity contribution in [1.82, 2.24) is 0 Å². The van der Waals surface area contributed by atoms with Gasteiger partial charge < -0.3 is 4.74 Å². The fourth-order valence-electron chi connectivity index (χ4n) is 5.14. The third kappa shape index (κ3) is 25.0. The maximum Gasteiger partial charge on any atom is 0.303 e. The van der Waals surface area contributed by atoms with E-state index in [1.165, 1.54) is 19.8 Å². The maximum atomic E-state index is 11.4. The van der Waals surface area contributed by atoms with E-state index in [1.807, 2.05) is 34.6 Å². The minimum Gasteiger partial charge on any atom is -0.460 e. The summed E-state index contributed by atoms with van der Waals surface area (Å²) in [6.45, 7) is 45.7. The Bertz CT molecular complexity index is 878. The van der Waals surface area contributed by atoms with Crippen LogP contribution in [-0.4, -0.2) is 28.9 Å². The van der Waals surface area contributed by atoms with Crippen molar-refractivity contribution in [1.29, 1.82) is 0 Å². The Morgan fingerprint density at radius 3 is 1.29 bits per heavy atom. The van der Waals surface area contributed by atoms with Crippen molar-refractivity contribution >= 4 is 23.3 Å². The summed E-state index contributed by atoms with van der Waals surface area (Å²) in [4.78, 5) is 43.2. The quantitative estimate of drug-likeness (QED) is 0.195. The van der Waals surface area contributed by atoms with Crippen LogP contribution in [0.1, 0.15) is 171 Å². The monoisotopic (exact) mass is 639 g/mol. The molecule has 0 spiro atoms. The Balaban J connectivity index is -0.000000241. The van der Waals surface area contributed by atoms with E-state index in [9.17, 15) is 19.2 Å². The molecule has 1 aliphatic carbocycles. The van der Waals surface area contributed by atoms with Crippen molar-refractivity contribution in [3.8, 4) is 0 Å². The first kappa shape index (κ1) is 50.1. The Labute approximate surface area is 281 Å². The largest absolute Gasteiger partial charge is 0.460 e. The minimum atomic E-state index is -0.328. The molecule has 45 heavy (non-hydrogen) atoms. The van der Waals surface area contributed by atoms with Gasteiger partial charge in [-0.15, -0.1) is 0 Å². The van der Waals surface area contributed by atoms with Gasteiger partial charge in [-0.3, -0.25) is 19.2 Å². The summed E-state index contributed by atoms with van der Waals surface area (Å²) in [5, 5.41) is 0. The highest BCUT2D eigenvalue weighted by atomic mass is 16.6. The number of carbonyl (C=O) groups is 4. The Morgan fingerprint density at radius 2 is 1.20 bits per heavy atom. The summed E-state index contributed by atoms with van der Waals surface area (Å²) in [6, 6.07) is 0. The van der Waals surface area contributed by atoms with Crippen LogP contribution in [0.2, 0.25) is 0 Å². The molecule has 5 nitrogen and oxygen atoms in total. The van der Waals surface area contributed by atoms with Crippen molar-refractivity contribution in [2.45, 2.75) is 177 Å². The zero-order chi connectivity index (χ0) is 37.3. The van der Waals surface area contributed by atoms with E-state index >= 15 is 0 Å². The highest BCUT2D eigenvalue weighted by Crippen LogP contribution is 2.56. The van der Waals surface area contributed by atoms with Crippen molar-refractivity contribution < 1.29 is 23.9 Å². The predicted molar refractivity (Wildman–Crippen MR) is 195 cm³/mol. The summed E-state index contributed by atoms with van der Waals surface area (Å²) in [7, 11) is 0. The second-order valence-electron chi connectivity index (χ2n) is 17.2. The van der Waals surface area contributed by atoms with Gasteiger partial charge in [0.2, 0.25) is 0 Å². The lowest BCUT2D eigenvalue weighted by molar-refractivity contribution is -0.152. The molecule has 0 aliphatic heterocycles. The lowest BCUT2D eigenvalue weighted by atomic mass is 9.49. The number of rotatable bonds is 8. The van der Waals surface area contributed by atoms with Crippen LogP contribution < -0.4 is 0 Å². The van der Waals surface area contributed by atoms with E-state index in [4.69, 9.17) is 4.74 Å². The first-order chi connectivity index (χ1) is 19.8. The SMILES string of the molecule is C=C(C(C)=O)C(C)CCC.CC(=O)C(C)C1(C(C)C)CCC1C.CC(=O)OC(C)(C)C.CC(=O)[C@@H](C)C(C)(C)C.CC(C)(C)C. The standard InChI is InChI=1S/C12H22O.C9H16O.C8H16O.C6H12O2.C5H12/c1-8(2)12(7-6-9(12)3)10(4)11(5)13;1-5-6-7(2)8(3)9(4)10;1-6(7(2)9)8(3,4)5;1-5(7)8-6(2,3)4;1-5(2,3)4/h8-10H,6-7H2,1-5H3;7H,3,5-6H2,1-2,4H3;6H,1-5H3;1-4H3;1-4H3/t;;6-;;/m..1../s1. The van der Waals surface area contributed by atoms with Gasteiger partial charge in [-0.1, -0.05) is 110 Å². The van der Waals surface area contributed by atoms with E-state index in [1.54, 1.807) is 20.8 Å². The molecule has 1 fully saturated rings. The molecule has 4 unspecified atom stereocenters. The van der Waals surface area contributed by atoms with E-state index in [0.29, 0.717) is 28.4 Å². The van der Waals surface area contributed by atoms with Crippen molar-refractivity contribution in [2.24, 2.45) is 45.8 Å². The predicted octanol–water partition coefficient (Wildman–Crippen LogP) is 11.5. The number of carbonyl (C=O) groups excluding carboxylic acids is 4. The Kier molecular flexibility index (Phi) is 24.4. The molecule has 0 bridgehead atoms. The first-order valence-corrected chi connectivity index (χ1v) is 17.2. The number of esters is 1. The number of ketones is 3. The first-order valence-electron chi connectivity index (χ1n) is 17.2. The van der Waals surface area contributed by atoms with Crippen LogP contribution in [0, 0.1) is 45.8 Å². The van der Waals surface area contributed by atoms with E-state index in [0.717, 1.165) is 24.3 Å². The molecule has 5 atom stereocenters. The van der Waals surface area contributed by atoms with Gasteiger partial charge in [0.1, 0.15) is 17.2 Å². The number of hydrogen-bond donors (Lipinski definition) is 0. The molecule has 5 heteroatoms. The number of Topliss-reactive ketones (excluding diaryl/α,β-unsaturated/α-hetero) is 3. The van der Waals surface area contributed by atoms with Crippen LogP contribution in [-0.2, 0) is 23.9 Å². The Hall–Kier alpha value is -1.78. The normalized spacial score (nSPS) is 19.5. The fraction of sp³-hybridized carbons (Fsp3) is 0.850. The third-order valence-corrected chi connectivity index (χ3v) is 8.55. The molecule has 0 aromatic carbocycles. The smallest absolute Gasteiger partial charge is 0.303 e. The van der Waals surface area contributed by atoms with Crippen LogP contribution in [0.3, 0.4) is 0 Å². The van der Waals surface area contributed by atoms with Crippen molar-refractivity contribution in [3.63, 3.8) is 0 Å². The lowest BCUT2D eigenvalue weighted by Crippen LogP contribution is -2.49. The highest BCUT2D eigenvalue weighted by molar-refractivity contribution is 5.92. The number of ether oxygens (including phenoxy) is 1. The number of allylic oxidation sites excluding steroid dienone is 1. The zero-order valence-corrected chi connectivity index (χ0v) is 34.0. The fourth-order valence-corrected chi connectivity index (χ4v) is 5.14. The molecule has 0 N–H and O–H groups in total. The molecule has 0 aromatic rings. The van der Waals surface area contributed by atoms with Crippen LogP contribution in [0.4, 0.5) is 0 Å². The second kappa shape index (κ2) is 21.9. The van der Waals surface area contributed by atoms with Crippen LogP contribution in [0.25, 0.3) is 0 Å². The van der Waals surface area contributed by atoms with Gasteiger partial charge in [0.15, 0.2) is 5.78 Å². The third-order valence-electron chi connectivity index (χ3n) is 8.55. The van der Waals surface area contributed by atoms with Crippen molar-refractivity contribution in [3.05, 3.63) is 12.2 Å². The Morgan fingerprint density at radius 1 is 0.800 bits per heavy atom. The molecule has 1 saturated carbocycles. The molecule has 0 amide bonds. The second-order valence-corrected chi connectivity index (χ2v) is 17.2. The molecule has 1 rings (SSSR count). The molecule has 0 heterocycles. The highest BCUT2D eigenvalue weighted by Gasteiger charge is 2.51. The van der Waals surface area contributed by atoms with Gasteiger partial charge in [0.05, 0.1) is 0 Å². The van der Waals surface area contributed by atoms with E-state index < -0.39 is 0 Å². The molecule has 0 radical (unpaired) electrons. The topological polar surface area (TPSA) is 77.5 Å². The van der Waals surface area contributed by atoms with Gasteiger partial charge >= 0.3 is 5.97 Å². The van der Waals surface area contributed by atoms with Gasteiger partial charge in [-0.25, -0.2) is 0 Å². The molecule has 0 aromatic heterocycles. The summed E-state index contributed by atoms with van der Waals surface area (Å²) in [6.07, 6.45) is 4.73. The molecule has 0 saturated heterocycles. The molecule has 1 aliphatic rings. The van der Waals surface area contributed by atoms with Crippen molar-refractivity contribution in [2.75, 3.05) is 0 Å². The zero-order valence-electron chi connectivity index (χ0n) is 34.0. The molecular weight excluding hydrogens is 560 g/mol. The molecule has 268 valence electrons. The van der Waals surface area contributed by atoms with Gasteiger partial charge in [-0.05, 0) is 100 Å².